The molecule has 18 heavy (non-hydrogen) atoms. The van der Waals surface area contributed by atoms with E-state index in [1.807, 2.05) is 25.7 Å². The van der Waals surface area contributed by atoms with E-state index in [4.69, 9.17) is 11.6 Å². The zero-order chi connectivity index (χ0) is 13.3. The standard InChI is InChI=1S/C12H15BrClN3S/c1-7-12(14)10(17(3)16-7)5-9(15-2)8-4-11(13)18-6-8/h4,6,9,15H,5H2,1-3H3. The van der Waals surface area contributed by atoms with E-state index < -0.39 is 0 Å². The minimum atomic E-state index is 0.250. The third kappa shape index (κ3) is 2.79. The van der Waals surface area contributed by atoms with E-state index in [0.29, 0.717) is 0 Å². The number of likely N-dealkylation sites (N-methyl/N-ethyl adjacent to an activating group) is 1. The van der Waals surface area contributed by atoms with Crippen molar-refractivity contribution in [2.24, 2.45) is 7.05 Å². The Morgan fingerprint density at radius 1 is 1.61 bits per heavy atom. The fourth-order valence-electron chi connectivity index (χ4n) is 1.99. The molecule has 2 aromatic rings. The lowest BCUT2D eigenvalue weighted by Gasteiger charge is -2.15. The molecule has 0 aliphatic carbocycles. The Morgan fingerprint density at radius 3 is 2.78 bits per heavy atom. The molecule has 3 nitrogen and oxygen atoms in total. The van der Waals surface area contributed by atoms with Crippen LogP contribution in [-0.4, -0.2) is 16.8 Å². The van der Waals surface area contributed by atoms with Gasteiger partial charge >= 0.3 is 0 Å². The van der Waals surface area contributed by atoms with Gasteiger partial charge in [0.15, 0.2) is 0 Å². The van der Waals surface area contributed by atoms with Gasteiger partial charge in [-0.1, -0.05) is 11.6 Å². The van der Waals surface area contributed by atoms with Crippen molar-refractivity contribution in [3.05, 3.63) is 37.2 Å². The Bertz CT molecular complexity index is 550. The van der Waals surface area contributed by atoms with Crippen LogP contribution in [0.3, 0.4) is 0 Å². The van der Waals surface area contributed by atoms with E-state index in [9.17, 15) is 0 Å². The molecule has 2 rings (SSSR count). The Balaban J connectivity index is 2.25. The maximum absolute atomic E-state index is 6.29. The summed E-state index contributed by atoms with van der Waals surface area (Å²) in [6.07, 6.45) is 0.829. The van der Waals surface area contributed by atoms with Gasteiger partial charge in [-0.15, -0.1) is 11.3 Å². The first-order valence-corrected chi connectivity index (χ1v) is 7.67. The van der Waals surface area contributed by atoms with Gasteiger partial charge in [-0.2, -0.15) is 5.10 Å². The fourth-order valence-corrected chi connectivity index (χ4v) is 3.45. The highest BCUT2D eigenvalue weighted by molar-refractivity contribution is 9.11. The largest absolute Gasteiger partial charge is 0.313 e. The van der Waals surface area contributed by atoms with E-state index in [2.05, 4.69) is 37.8 Å². The lowest BCUT2D eigenvalue weighted by Crippen LogP contribution is -2.19. The highest BCUT2D eigenvalue weighted by Crippen LogP contribution is 2.29. The molecule has 0 saturated carbocycles. The molecule has 98 valence electrons. The van der Waals surface area contributed by atoms with Crippen molar-refractivity contribution < 1.29 is 0 Å². The molecule has 0 aliphatic heterocycles. The van der Waals surface area contributed by atoms with Gasteiger partial charge in [0.2, 0.25) is 0 Å². The molecule has 2 aromatic heterocycles. The van der Waals surface area contributed by atoms with Crippen LogP contribution < -0.4 is 5.32 Å². The van der Waals surface area contributed by atoms with Gasteiger partial charge in [0.25, 0.3) is 0 Å². The molecule has 0 aromatic carbocycles. The van der Waals surface area contributed by atoms with Crippen LogP contribution in [0.2, 0.25) is 5.02 Å². The van der Waals surface area contributed by atoms with Crippen LogP contribution in [-0.2, 0) is 13.5 Å². The van der Waals surface area contributed by atoms with Crippen LogP contribution in [0.4, 0.5) is 0 Å². The third-order valence-electron chi connectivity index (χ3n) is 3.00. The molecular formula is C12H15BrClN3S. The molecule has 0 bridgehead atoms. The molecule has 2 heterocycles. The van der Waals surface area contributed by atoms with Crippen LogP contribution in [0.1, 0.15) is 23.0 Å². The maximum Gasteiger partial charge on any atom is 0.0847 e. The van der Waals surface area contributed by atoms with E-state index in [-0.39, 0.29) is 6.04 Å². The summed E-state index contributed by atoms with van der Waals surface area (Å²) in [5, 5.41) is 10.6. The van der Waals surface area contributed by atoms with E-state index in [0.717, 1.165) is 26.6 Å². The van der Waals surface area contributed by atoms with Gasteiger partial charge in [0.05, 0.1) is 20.2 Å². The molecule has 1 N–H and O–H groups in total. The van der Waals surface area contributed by atoms with Gasteiger partial charge in [-0.05, 0) is 46.9 Å². The van der Waals surface area contributed by atoms with Crippen LogP contribution in [0, 0.1) is 6.92 Å². The average molecular weight is 349 g/mol. The molecule has 0 amide bonds. The zero-order valence-corrected chi connectivity index (χ0v) is 13.7. The summed E-state index contributed by atoms with van der Waals surface area (Å²) in [5.74, 6) is 0. The van der Waals surface area contributed by atoms with Crippen molar-refractivity contribution >= 4 is 38.9 Å². The van der Waals surface area contributed by atoms with Crippen LogP contribution in [0.15, 0.2) is 15.2 Å². The average Bonchev–Trinajstić information content (AvgIpc) is 2.84. The number of aromatic nitrogens is 2. The SMILES string of the molecule is CNC(Cc1c(Cl)c(C)nn1C)c1csc(Br)c1. The summed E-state index contributed by atoms with van der Waals surface area (Å²) in [6.45, 7) is 1.93. The highest BCUT2D eigenvalue weighted by atomic mass is 79.9. The summed E-state index contributed by atoms with van der Waals surface area (Å²) in [6, 6.07) is 2.39. The van der Waals surface area contributed by atoms with Crippen molar-refractivity contribution in [1.82, 2.24) is 15.1 Å². The number of aryl methyl sites for hydroxylation is 2. The molecule has 0 spiro atoms. The third-order valence-corrected chi connectivity index (χ3v) is 5.01. The van der Waals surface area contributed by atoms with Crippen molar-refractivity contribution in [2.75, 3.05) is 7.05 Å². The number of halogens is 2. The second-order valence-corrected chi connectivity index (χ2v) is 6.87. The normalized spacial score (nSPS) is 12.9. The van der Waals surface area contributed by atoms with Crippen molar-refractivity contribution in [2.45, 2.75) is 19.4 Å². The van der Waals surface area contributed by atoms with E-state index in [1.165, 1.54) is 5.56 Å². The summed E-state index contributed by atoms with van der Waals surface area (Å²) in [5.41, 5.74) is 3.22. The Labute approximate surface area is 124 Å². The zero-order valence-electron chi connectivity index (χ0n) is 10.5. The Kier molecular flexibility index (Phi) is 4.48. The molecule has 1 atom stereocenters. The van der Waals surface area contributed by atoms with Gasteiger partial charge < -0.3 is 5.32 Å². The minimum absolute atomic E-state index is 0.250. The van der Waals surface area contributed by atoms with E-state index in [1.54, 1.807) is 11.3 Å². The monoisotopic (exact) mass is 347 g/mol. The Morgan fingerprint density at radius 2 is 2.33 bits per heavy atom. The number of thiophene rings is 1. The number of hydrogen-bond donors (Lipinski definition) is 1. The van der Waals surface area contributed by atoms with Gasteiger partial charge in [0, 0.05) is 19.5 Å². The molecule has 0 saturated heterocycles. The number of rotatable bonds is 4. The molecule has 6 heteroatoms. The molecule has 0 radical (unpaired) electrons. The van der Waals surface area contributed by atoms with Crippen molar-refractivity contribution in [1.29, 1.82) is 0 Å². The predicted octanol–water partition coefficient (Wildman–Crippen LogP) is 3.71. The topological polar surface area (TPSA) is 29.9 Å². The lowest BCUT2D eigenvalue weighted by atomic mass is 10.1. The molecule has 1 unspecified atom stereocenters. The quantitative estimate of drug-likeness (QED) is 0.913. The van der Waals surface area contributed by atoms with Gasteiger partial charge in [0.1, 0.15) is 0 Å². The minimum Gasteiger partial charge on any atom is -0.313 e. The molecular weight excluding hydrogens is 334 g/mol. The predicted molar refractivity (Wildman–Crippen MR) is 80.5 cm³/mol. The second-order valence-electron chi connectivity index (χ2n) is 4.20. The first-order chi connectivity index (χ1) is 8.52. The summed E-state index contributed by atoms with van der Waals surface area (Å²) in [4.78, 5) is 0. The summed E-state index contributed by atoms with van der Waals surface area (Å²) < 4.78 is 3.01. The number of hydrogen-bond acceptors (Lipinski definition) is 3. The summed E-state index contributed by atoms with van der Waals surface area (Å²) in [7, 11) is 3.90. The Hall–Kier alpha value is -0.360. The number of nitrogens with zero attached hydrogens (tertiary/aromatic N) is 2. The van der Waals surface area contributed by atoms with E-state index >= 15 is 0 Å². The number of nitrogens with one attached hydrogen (secondary N) is 1. The fraction of sp³-hybridized carbons (Fsp3) is 0.417. The van der Waals surface area contributed by atoms with Crippen LogP contribution >= 0.6 is 38.9 Å². The van der Waals surface area contributed by atoms with Crippen molar-refractivity contribution in [3.8, 4) is 0 Å². The first kappa shape index (κ1) is 14.1. The van der Waals surface area contributed by atoms with Crippen LogP contribution in [0.5, 0.6) is 0 Å². The summed E-state index contributed by atoms with van der Waals surface area (Å²) >= 11 is 11.5. The molecule has 0 aliphatic rings. The molecule has 0 fully saturated rings. The maximum atomic E-state index is 6.29. The van der Waals surface area contributed by atoms with Crippen molar-refractivity contribution in [3.63, 3.8) is 0 Å². The lowest BCUT2D eigenvalue weighted by molar-refractivity contribution is 0.563. The van der Waals surface area contributed by atoms with Gasteiger partial charge in [-0.25, -0.2) is 0 Å². The van der Waals surface area contributed by atoms with Gasteiger partial charge in [-0.3, -0.25) is 4.68 Å². The highest BCUT2D eigenvalue weighted by Gasteiger charge is 2.18. The first-order valence-electron chi connectivity index (χ1n) is 5.62. The van der Waals surface area contributed by atoms with Crippen LogP contribution in [0.25, 0.3) is 0 Å². The second kappa shape index (κ2) is 5.74. The smallest absolute Gasteiger partial charge is 0.0847 e.